The van der Waals surface area contributed by atoms with Crippen LogP contribution in [0, 0.1) is 5.82 Å². The maximum absolute atomic E-state index is 12.8. The normalized spacial score (nSPS) is 10.6. The van der Waals surface area contributed by atoms with Crippen LogP contribution in [0.25, 0.3) is 22.8 Å². The number of nitrogens with zero attached hydrogens (tertiary/aromatic N) is 3. The summed E-state index contributed by atoms with van der Waals surface area (Å²) in [5.41, 5.74) is 1.36. The molecule has 3 rings (SSSR count). The van der Waals surface area contributed by atoms with Gasteiger partial charge in [0.1, 0.15) is 11.0 Å². The highest BCUT2D eigenvalue weighted by molar-refractivity contribution is 6.29. The first-order chi connectivity index (χ1) is 9.22. The summed E-state index contributed by atoms with van der Waals surface area (Å²) in [6.45, 7) is 0. The largest absolute Gasteiger partial charge is 0.334 e. The fourth-order valence-electron chi connectivity index (χ4n) is 1.59. The standard InChI is InChI=1S/C13H7ClFN3O/c14-11-7-9(5-6-16-11)13-17-12(18-19-13)8-1-3-10(15)4-2-8/h1-7H. The van der Waals surface area contributed by atoms with Gasteiger partial charge in [0.15, 0.2) is 0 Å². The molecule has 0 atom stereocenters. The molecule has 2 heterocycles. The second kappa shape index (κ2) is 4.78. The molecule has 6 heteroatoms. The molecule has 0 radical (unpaired) electrons. The Kier molecular flexibility index (Phi) is 2.97. The predicted octanol–water partition coefficient (Wildman–Crippen LogP) is 3.59. The van der Waals surface area contributed by atoms with Crippen molar-refractivity contribution in [3.63, 3.8) is 0 Å². The summed E-state index contributed by atoms with van der Waals surface area (Å²) in [4.78, 5) is 8.11. The van der Waals surface area contributed by atoms with E-state index in [4.69, 9.17) is 16.1 Å². The van der Waals surface area contributed by atoms with E-state index < -0.39 is 0 Å². The quantitative estimate of drug-likeness (QED) is 0.671. The molecule has 0 saturated carbocycles. The first-order valence-corrected chi connectivity index (χ1v) is 5.82. The van der Waals surface area contributed by atoms with Crippen molar-refractivity contribution in [2.24, 2.45) is 0 Å². The molecular formula is C13H7ClFN3O. The lowest BCUT2D eigenvalue weighted by molar-refractivity contribution is 0.432. The average Bonchev–Trinajstić information content (AvgIpc) is 2.89. The van der Waals surface area contributed by atoms with Crippen LogP contribution in [-0.2, 0) is 0 Å². The van der Waals surface area contributed by atoms with Crippen LogP contribution in [0.5, 0.6) is 0 Å². The Morgan fingerprint density at radius 1 is 1.05 bits per heavy atom. The Labute approximate surface area is 112 Å². The second-order valence-corrected chi connectivity index (χ2v) is 4.18. The highest BCUT2D eigenvalue weighted by Crippen LogP contribution is 2.23. The molecule has 0 fully saturated rings. The molecule has 0 aliphatic rings. The highest BCUT2D eigenvalue weighted by atomic mass is 35.5. The van der Waals surface area contributed by atoms with E-state index in [2.05, 4.69) is 15.1 Å². The van der Waals surface area contributed by atoms with Gasteiger partial charge in [-0.1, -0.05) is 16.8 Å². The topological polar surface area (TPSA) is 51.8 Å². The Morgan fingerprint density at radius 2 is 1.84 bits per heavy atom. The molecule has 4 nitrogen and oxygen atoms in total. The van der Waals surface area contributed by atoms with Gasteiger partial charge in [-0.3, -0.25) is 0 Å². The van der Waals surface area contributed by atoms with Crippen LogP contribution in [0.15, 0.2) is 47.1 Å². The zero-order chi connectivity index (χ0) is 13.2. The lowest BCUT2D eigenvalue weighted by Gasteiger charge is -1.94. The van der Waals surface area contributed by atoms with Gasteiger partial charge in [-0.15, -0.1) is 0 Å². The minimum Gasteiger partial charge on any atom is -0.334 e. The maximum Gasteiger partial charge on any atom is 0.258 e. The lowest BCUT2D eigenvalue weighted by Crippen LogP contribution is -1.82. The Bertz CT molecular complexity index is 712. The first-order valence-electron chi connectivity index (χ1n) is 5.44. The number of halogens is 2. The van der Waals surface area contributed by atoms with Gasteiger partial charge >= 0.3 is 0 Å². The summed E-state index contributed by atoms with van der Waals surface area (Å²) in [7, 11) is 0. The highest BCUT2D eigenvalue weighted by Gasteiger charge is 2.11. The summed E-state index contributed by atoms with van der Waals surface area (Å²) in [6.07, 6.45) is 1.55. The molecule has 0 amide bonds. The predicted molar refractivity (Wildman–Crippen MR) is 67.9 cm³/mol. The van der Waals surface area contributed by atoms with Gasteiger partial charge in [-0.2, -0.15) is 4.98 Å². The van der Waals surface area contributed by atoms with E-state index in [1.807, 2.05) is 0 Å². The van der Waals surface area contributed by atoms with E-state index in [9.17, 15) is 4.39 Å². The number of pyridine rings is 1. The van der Waals surface area contributed by atoms with Crippen LogP contribution in [0.2, 0.25) is 5.15 Å². The Hall–Kier alpha value is -2.27. The smallest absolute Gasteiger partial charge is 0.258 e. The molecule has 94 valence electrons. The SMILES string of the molecule is Fc1ccc(-c2noc(-c3ccnc(Cl)c3)n2)cc1. The van der Waals surface area contributed by atoms with Crippen LogP contribution in [-0.4, -0.2) is 15.1 Å². The van der Waals surface area contributed by atoms with Gasteiger partial charge in [0.2, 0.25) is 5.82 Å². The van der Waals surface area contributed by atoms with Crippen molar-refractivity contribution in [1.82, 2.24) is 15.1 Å². The fourth-order valence-corrected chi connectivity index (χ4v) is 1.77. The summed E-state index contributed by atoms with van der Waals surface area (Å²) in [5, 5.41) is 4.20. The molecule has 1 aromatic carbocycles. The van der Waals surface area contributed by atoms with Crippen molar-refractivity contribution < 1.29 is 8.91 Å². The first kappa shape index (κ1) is 11.8. The van der Waals surface area contributed by atoms with Gasteiger partial charge in [0, 0.05) is 17.3 Å². The van der Waals surface area contributed by atoms with E-state index in [0.717, 1.165) is 0 Å². The average molecular weight is 276 g/mol. The third kappa shape index (κ3) is 2.46. The van der Waals surface area contributed by atoms with Crippen molar-refractivity contribution in [3.8, 4) is 22.8 Å². The van der Waals surface area contributed by atoms with Crippen LogP contribution in [0.1, 0.15) is 0 Å². The molecule has 0 N–H and O–H groups in total. The van der Waals surface area contributed by atoms with Gasteiger partial charge in [0.05, 0.1) is 0 Å². The van der Waals surface area contributed by atoms with Gasteiger partial charge < -0.3 is 4.52 Å². The monoisotopic (exact) mass is 275 g/mol. The van der Waals surface area contributed by atoms with E-state index in [0.29, 0.717) is 28.0 Å². The zero-order valence-electron chi connectivity index (χ0n) is 9.55. The fraction of sp³-hybridized carbons (Fsp3) is 0. The Balaban J connectivity index is 1.97. The number of hydrogen-bond acceptors (Lipinski definition) is 4. The summed E-state index contributed by atoms with van der Waals surface area (Å²) < 4.78 is 18.0. The number of rotatable bonds is 2. The third-order valence-corrected chi connectivity index (χ3v) is 2.71. The van der Waals surface area contributed by atoms with Crippen molar-refractivity contribution >= 4 is 11.6 Å². The summed E-state index contributed by atoms with van der Waals surface area (Å²) in [6, 6.07) is 9.20. The van der Waals surface area contributed by atoms with Crippen LogP contribution in [0.4, 0.5) is 4.39 Å². The van der Waals surface area contributed by atoms with Crippen molar-refractivity contribution in [1.29, 1.82) is 0 Å². The molecule has 2 aromatic heterocycles. The molecule has 0 aliphatic heterocycles. The van der Waals surface area contributed by atoms with E-state index >= 15 is 0 Å². The van der Waals surface area contributed by atoms with Crippen LogP contribution >= 0.6 is 11.6 Å². The minimum atomic E-state index is -0.312. The van der Waals surface area contributed by atoms with Gasteiger partial charge in [0.25, 0.3) is 5.89 Å². The molecule has 0 unspecified atom stereocenters. The van der Waals surface area contributed by atoms with E-state index in [1.165, 1.54) is 12.1 Å². The molecule has 19 heavy (non-hydrogen) atoms. The summed E-state index contributed by atoms with van der Waals surface area (Å²) in [5.74, 6) is 0.417. The Morgan fingerprint density at radius 3 is 2.58 bits per heavy atom. The number of hydrogen-bond donors (Lipinski definition) is 0. The van der Waals surface area contributed by atoms with Gasteiger partial charge in [-0.05, 0) is 36.4 Å². The maximum atomic E-state index is 12.8. The molecule has 0 saturated heterocycles. The van der Waals surface area contributed by atoms with Crippen LogP contribution < -0.4 is 0 Å². The molecule has 3 aromatic rings. The van der Waals surface area contributed by atoms with E-state index in [-0.39, 0.29) is 5.82 Å². The zero-order valence-corrected chi connectivity index (χ0v) is 10.3. The van der Waals surface area contributed by atoms with Crippen molar-refractivity contribution in [2.45, 2.75) is 0 Å². The van der Waals surface area contributed by atoms with E-state index in [1.54, 1.807) is 30.5 Å². The van der Waals surface area contributed by atoms with Crippen molar-refractivity contribution in [2.75, 3.05) is 0 Å². The molecule has 0 bridgehead atoms. The number of aromatic nitrogens is 3. The molecule has 0 spiro atoms. The number of benzene rings is 1. The third-order valence-electron chi connectivity index (χ3n) is 2.50. The second-order valence-electron chi connectivity index (χ2n) is 3.80. The van der Waals surface area contributed by atoms with Crippen LogP contribution in [0.3, 0.4) is 0 Å². The van der Waals surface area contributed by atoms with Gasteiger partial charge in [-0.25, -0.2) is 9.37 Å². The lowest BCUT2D eigenvalue weighted by atomic mass is 10.2. The summed E-state index contributed by atoms with van der Waals surface area (Å²) >= 11 is 5.79. The molecule has 0 aliphatic carbocycles. The minimum absolute atomic E-state index is 0.312. The van der Waals surface area contributed by atoms with Crippen molar-refractivity contribution in [3.05, 3.63) is 53.6 Å². The molecular weight excluding hydrogens is 269 g/mol.